The molecule has 0 spiro atoms. The molecule has 1 heterocycles. The van der Waals surface area contributed by atoms with Gasteiger partial charge in [-0.05, 0) is 42.3 Å². The quantitative estimate of drug-likeness (QED) is 0.470. The third-order valence-electron chi connectivity index (χ3n) is 5.59. The highest BCUT2D eigenvalue weighted by Crippen LogP contribution is 2.29. The molecule has 4 rings (SSSR count). The van der Waals surface area contributed by atoms with Crippen LogP contribution >= 0.6 is 12.4 Å². The van der Waals surface area contributed by atoms with Crippen LogP contribution in [0.3, 0.4) is 0 Å². The highest BCUT2D eigenvalue weighted by Gasteiger charge is 2.19. The van der Waals surface area contributed by atoms with Crippen LogP contribution in [0.1, 0.15) is 30.4 Å². The molecular formula is C25H28ClFN2O2. The highest BCUT2D eigenvalue weighted by atomic mass is 35.5. The Morgan fingerprint density at radius 3 is 2.65 bits per heavy atom. The van der Waals surface area contributed by atoms with Gasteiger partial charge in [0.1, 0.15) is 18.2 Å². The van der Waals surface area contributed by atoms with Gasteiger partial charge in [-0.15, -0.1) is 12.4 Å². The first kappa shape index (κ1) is 23.0. The molecule has 0 bridgehead atoms. The van der Waals surface area contributed by atoms with E-state index in [9.17, 15) is 9.18 Å². The van der Waals surface area contributed by atoms with Crippen molar-refractivity contribution in [1.29, 1.82) is 0 Å². The lowest BCUT2D eigenvalue weighted by Crippen LogP contribution is -2.28. The number of rotatable bonds is 9. The van der Waals surface area contributed by atoms with Crippen LogP contribution in [0.5, 0.6) is 5.75 Å². The highest BCUT2D eigenvalue weighted by molar-refractivity contribution is 5.87. The molecular weight excluding hydrogens is 415 g/mol. The fourth-order valence-electron chi connectivity index (χ4n) is 3.95. The van der Waals surface area contributed by atoms with Gasteiger partial charge in [0.05, 0.1) is 0 Å². The van der Waals surface area contributed by atoms with Gasteiger partial charge < -0.3 is 15.0 Å². The largest absolute Gasteiger partial charge is 0.488 e. The smallest absolute Gasteiger partial charge is 0.222 e. The molecule has 1 saturated heterocycles. The average molecular weight is 443 g/mol. The van der Waals surface area contributed by atoms with Crippen LogP contribution in [0.15, 0.2) is 60.7 Å². The summed E-state index contributed by atoms with van der Waals surface area (Å²) in [4.78, 5) is 13.7. The number of amides is 1. The molecule has 4 nitrogen and oxygen atoms in total. The van der Waals surface area contributed by atoms with E-state index in [4.69, 9.17) is 4.74 Å². The van der Waals surface area contributed by atoms with E-state index in [0.717, 1.165) is 54.6 Å². The van der Waals surface area contributed by atoms with Crippen molar-refractivity contribution in [2.45, 2.75) is 32.4 Å². The summed E-state index contributed by atoms with van der Waals surface area (Å²) < 4.78 is 20.0. The Hall–Kier alpha value is -2.63. The zero-order chi connectivity index (χ0) is 20.8. The minimum atomic E-state index is -0.255. The fraction of sp³-hybridized carbons (Fsp3) is 0.320. The van der Waals surface area contributed by atoms with Crippen LogP contribution < -0.4 is 10.1 Å². The first-order chi connectivity index (χ1) is 14.7. The van der Waals surface area contributed by atoms with Crippen molar-refractivity contribution < 1.29 is 13.9 Å². The van der Waals surface area contributed by atoms with E-state index >= 15 is 0 Å². The molecule has 1 amide bonds. The van der Waals surface area contributed by atoms with Gasteiger partial charge in [-0.3, -0.25) is 4.79 Å². The number of fused-ring (bicyclic) bond motifs is 1. The average Bonchev–Trinajstić information content (AvgIpc) is 3.18. The molecule has 1 aliphatic rings. The molecule has 0 unspecified atom stereocenters. The maximum Gasteiger partial charge on any atom is 0.222 e. The van der Waals surface area contributed by atoms with Crippen molar-refractivity contribution in [1.82, 2.24) is 10.2 Å². The molecule has 1 N–H and O–H groups in total. The lowest BCUT2D eigenvalue weighted by molar-refractivity contribution is -0.127. The molecule has 0 radical (unpaired) electrons. The molecule has 1 fully saturated rings. The molecule has 0 aromatic heterocycles. The zero-order valence-electron chi connectivity index (χ0n) is 17.5. The monoisotopic (exact) mass is 442 g/mol. The molecule has 164 valence electrons. The van der Waals surface area contributed by atoms with Crippen LogP contribution in [0.25, 0.3) is 10.8 Å². The van der Waals surface area contributed by atoms with Crippen molar-refractivity contribution in [2.24, 2.45) is 0 Å². The predicted octanol–water partition coefficient (Wildman–Crippen LogP) is 5.08. The Labute approximate surface area is 188 Å². The van der Waals surface area contributed by atoms with Crippen molar-refractivity contribution >= 4 is 29.1 Å². The maximum absolute atomic E-state index is 14.0. The van der Waals surface area contributed by atoms with Crippen LogP contribution in [0.4, 0.5) is 4.39 Å². The lowest BCUT2D eigenvalue weighted by Gasteiger charge is -2.17. The fourth-order valence-corrected chi connectivity index (χ4v) is 3.95. The molecule has 0 aliphatic carbocycles. The first-order valence-corrected chi connectivity index (χ1v) is 10.6. The van der Waals surface area contributed by atoms with E-state index in [1.54, 1.807) is 12.1 Å². The molecule has 3 aromatic rings. The SMILES string of the molecule is Cl.O=C1CCCN1CCCNCc1c(OCc2ccccc2F)ccc2ccccc12. The molecule has 31 heavy (non-hydrogen) atoms. The van der Waals surface area contributed by atoms with Crippen molar-refractivity contribution in [2.75, 3.05) is 19.6 Å². The maximum atomic E-state index is 14.0. The van der Waals surface area contributed by atoms with E-state index < -0.39 is 0 Å². The van der Waals surface area contributed by atoms with Gasteiger partial charge in [0, 0.05) is 37.2 Å². The number of carbonyl (C=O) groups excluding carboxylic acids is 1. The Morgan fingerprint density at radius 2 is 1.84 bits per heavy atom. The Bertz CT molecular complexity index is 1030. The summed E-state index contributed by atoms with van der Waals surface area (Å²) in [5.74, 6) is 0.779. The molecule has 1 aliphatic heterocycles. The zero-order valence-corrected chi connectivity index (χ0v) is 18.3. The summed E-state index contributed by atoms with van der Waals surface area (Å²) >= 11 is 0. The van der Waals surface area contributed by atoms with Crippen LogP contribution in [0, 0.1) is 5.82 Å². The van der Waals surface area contributed by atoms with E-state index in [2.05, 4.69) is 17.4 Å². The van der Waals surface area contributed by atoms with Gasteiger partial charge in [0.15, 0.2) is 0 Å². The number of hydrogen-bond donors (Lipinski definition) is 1. The van der Waals surface area contributed by atoms with Gasteiger partial charge >= 0.3 is 0 Å². The van der Waals surface area contributed by atoms with Gasteiger partial charge in [-0.2, -0.15) is 0 Å². The number of nitrogens with zero attached hydrogens (tertiary/aromatic N) is 1. The second kappa shape index (κ2) is 11.1. The Morgan fingerprint density at radius 1 is 1.03 bits per heavy atom. The minimum Gasteiger partial charge on any atom is -0.488 e. The summed E-state index contributed by atoms with van der Waals surface area (Å²) in [6.45, 7) is 3.35. The number of likely N-dealkylation sites (tertiary alicyclic amines) is 1. The normalized spacial score (nSPS) is 13.5. The van der Waals surface area contributed by atoms with E-state index in [1.165, 1.54) is 6.07 Å². The Kier molecular flexibility index (Phi) is 8.27. The third kappa shape index (κ3) is 5.75. The summed E-state index contributed by atoms with van der Waals surface area (Å²) in [5.41, 5.74) is 1.61. The number of hydrogen-bond acceptors (Lipinski definition) is 3. The van der Waals surface area contributed by atoms with E-state index in [-0.39, 0.29) is 30.7 Å². The summed E-state index contributed by atoms with van der Waals surface area (Å²) in [6, 6.07) is 18.9. The predicted molar refractivity (Wildman–Crippen MR) is 124 cm³/mol. The standard InChI is InChI=1S/C25H27FN2O2.ClH/c26-23-10-4-2-8-20(23)18-30-24-13-12-19-7-1-3-9-21(19)22(24)17-27-14-6-16-28-15-5-11-25(28)29;/h1-4,7-10,12-13,27H,5-6,11,14-18H2;1H. The molecule has 0 atom stereocenters. The lowest BCUT2D eigenvalue weighted by atomic mass is 10.0. The van der Waals surface area contributed by atoms with Gasteiger partial charge in [0.2, 0.25) is 5.91 Å². The third-order valence-corrected chi connectivity index (χ3v) is 5.59. The number of ether oxygens (including phenoxy) is 1. The van der Waals surface area contributed by atoms with E-state index in [1.807, 2.05) is 35.2 Å². The number of nitrogens with one attached hydrogen (secondary N) is 1. The van der Waals surface area contributed by atoms with Crippen LogP contribution in [0.2, 0.25) is 0 Å². The number of carbonyl (C=O) groups is 1. The summed E-state index contributed by atoms with van der Waals surface area (Å²) in [7, 11) is 0. The van der Waals surface area contributed by atoms with Crippen molar-refractivity contribution in [3.8, 4) is 5.75 Å². The molecule has 0 saturated carbocycles. The van der Waals surface area contributed by atoms with Crippen LogP contribution in [-0.4, -0.2) is 30.4 Å². The van der Waals surface area contributed by atoms with Gasteiger partial charge in [-0.1, -0.05) is 48.5 Å². The topological polar surface area (TPSA) is 41.6 Å². The first-order valence-electron chi connectivity index (χ1n) is 10.6. The molecule has 3 aromatic carbocycles. The molecule has 6 heteroatoms. The number of benzene rings is 3. The second-order valence-corrected chi connectivity index (χ2v) is 7.66. The summed E-state index contributed by atoms with van der Waals surface area (Å²) in [5, 5.41) is 5.77. The van der Waals surface area contributed by atoms with Crippen molar-refractivity contribution in [3.05, 3.63) is 77.6 Å². The minimum absolute atomic E-state index is 0. The Balaban J connectivity index is 0.00000272. The van der Waals surface area contributed by atoms with Gasteiger partial charge in [-0.25, -0.2) is 4.39 Å². The second-order valence-electron chi connectivity index (χ2n) is 7.66. The van der Waals surface area contributed by atoms with E-state index in [0.29, 0.717) is 18.5 Å². The number of halogens is 2. The van der Waals surface area contributed by atoms with Crippen molar-refractivity contribution in [3.63, 3.8) is 0 Å². The van der Waals surface area contributed by atoms with Gasteiger partial charge in [0.25, 0.3) is 0 Å². The summed E-state index contributed by atoms with van der Waals surface area (Å²) in [6.07, 6.45) is 2.58. The van der Waals surface area contributed by atoms with Crippen LogP contribution in [-0.2, 0) is 17.9 Å².